The van der Waals surface area contributed by atoms with Crippen LogP contribution in [0.2, 0.25) is 0 Å². The minimum atomic E-state index is -1.03. The van der Waals surface area contributed by atoms with E-state index in [1.54, 1.807) is 6.07 Å². The minimum Gasteiger partial charge on any atom is -0.366 e. The lowest BCUT2D eigenvalue weighted by Gasteiger charge is -2.33. The summed E-state index contributed by atoms with van der Waals surface area (Å²) in [4.78, 5) is 1.98. The Morgan fingerprint density at radius 2 is 1.90 bits per heavy atom. The molecule has 0 saturated heterocycles. The van der Waals surface area contributed by atoms with E-state index in [2.05, 4.69) is 13.8 Å². The first kappa shape index (κ1) is 14.8. The lowest BCUT2D eigenvalue weighted by Crippen LogP contribution is -2.37. The maximum Gasteiger partial charge on any atom is 0.183 e. The van der Waals surface area contributed by atoms with Gasteiger partial charge in [-0.3, -0.25) is 0 Å². The van der Waals surface area contributed by atoms with Crippen molar-refractivity contribution in [3.05, 3.63) is 29.3 Å². The third-order valence-electron chi connectivity index (χ3n) is 3.82. The maximum atomic E-state index is 14.2. The first-order chi connectivity index (χ1) is 9.54. The van der Waals surface area contributed by atoms with E-state index in [-0.39, 0.29) is 11.6 Å². The number of anilines is 1. The van der Waals surface area contributed by atoms with E-state index in [9.17, 15) is 8.78 Å². The molecule has 0 N–H and O–H groups in total. The molecule has 0 aromatic heterocycles. The van der Waals surface area contributed by atoms with Crippen molar-refractivity contribution in [3.8, 4) is 6.07 Å². The van der Waals surface area contributed by atoms with E-state index < -0.39 is 11.6 Å². The highest BCUT2D eigenvalue weighted by Gasteiger charge is 2.27. The second-order valence-electron chi connectivity index (χ2n) is 5.86. The molecule has 2 rings (SSSR count). The van der Waals surface area contributed by atoms with Crippen molar-refractivity contribution >= 4 is 5.69 Å². The standard InChI is InChI=1S/C16H20F2N2/c1-11(2)10-20(13-5-3-4-6-13)14-8-7-12(9-19)15(17)16(14)18/h7-8,11,13H,3-6,10H2,1-2H3. The molecule has 0 bridgehead atoms. The Kier molecular flexibility index (Phi) is 4.59. The van der Waals surface area contributed by atoms with Crippen molar-refractivity contribution in [2.75, 3.05) is 11.4 Å². The summed E-state index contributed by atoms with van der Waals surface area (Å²) in [6.45, 7) is 4.84. The summed E-state index contributed by atoms with van der Waals surface area (Å²) in [5, 5.41) is 8.76. The average Bonchev–Trinajstić information content (AvgIpc) is 2.93. The molecule has 1 aromatic carbocycles. The lowest BCUT2D eigenvalue weighted by molar-refractivity contribution is 0.484. The van der Waals surface area contributed by atoms with Crippen LogP contribution in [0, 0.1) is 28.9 Å². The Labute approximate surface area is 119 Å². The van der Waals surface area contributed by atoms with Gasteiger partial charge in [0.15, 0.2) is 11.6 Å². The molecule has 0 spiro atoms. The molecular formula is C16H20F2N2. The molecule has 0 unspecified atom stereocenters. The Morgan fingerprint density at radius 1 is 1.25 bits per heavy atom. The van der Waals surface area contributed by atoms with E-state index in [1.165, 1.54) is 12.1 Å². The number of benzene rings is 1. The summed E-state index contributed by atoms with van der Waals surface area (Å²) >= 11 is 0. The van der Waals surface area contributed by atoms with Gasteiger partial charge in [0.25, 0.3) is 0 Å². The highest BCUT2D eigenvalue weighted by atomic mass is 19.2. The summed E-state index contributed by atoms with van der Waals surface area (Å²) in [5.74, 6) is -1.55. The monoisotopic (exact) mass is 278 g/mol. The molecule has 0 amide bonds. The van der Waals surface area contributed by atoms with Gasteiger partial charge < -0.3 is 4.90 Å². The second kappa shape index (κ2) is 6.21. The van der Waals surface area contributed by atoms with Crippen molar-refractivity contribution in [3.63, 3.8) is 0 Å². The van der Waals surface area contributed by atoms with Crippen LogP contribution in [-0.2, 0) is 0 Å². The molecule has 1 aliphatic rings. The van der Waals surface area contributed by atoms with Gasteiger partial charge in [-0.05, 0) is 30.9 Å². The molecule has 0 radical (unpaired) electrons. The number of nitrogens with zero attached hydrogens (tertiary/aromatic N) is 2. The van der Waals surface area contributed by atoms with E-state index in [0.717, 1.165) is 25.7 Å². The van der Waals surface area contributed by atoms with Crippen LogP contribution in [0.3, 0.4) is 0 Å². The van der Waals surface area contributed by atoms with Crippen LogP contribution in [0.15, 0.2) is 12.1 Å². The van der Waals surface area contributed by atoms with Crippen molar-refractivity contribution in [2.24, 2.45) is 5.92 Å². The van der Waals surface area contributed by atoms with Gasteiger partial charge in [0.2, 0.25) is 0 Å². The fourth-order valence-corrected chi connectivity index (χ4v) is 2.90. The average molecular weight is 278 g/mol. The molecular weight excluding hydrogens is 258 g/mol. The molecule has 1 aromatic rings. The summed E-state index contributed by atoms with van der Waals surface area (Å²) in [5.41, 5.74) is 0.0595. The zero-order chi connectivity index (χ0) is 14.7. The third kappa shape index (κ3) is 2.92. The Bertz CT molecular complexity index is 514. The maximum absolute atomic E-state index is 14.2. The predicted octanol–water partition coefficient (Wildman–Crippen LogP) is 4.24. The summed E-state index contributed by atoms with van der Waals surface area (Å²) in [6, 6.07) is 4.87. The van der Waals surface area contributed by atoms with Crippen LogP contribution < -0.4 is 4.90 Å². The summed E-state index contributed by atoms with van der Waals surface area (Å²) in [7, 11) is 0. The third-order valence-corrected chi connectivity index (χ3v) is 3.82. The van der Waals surface area contributed by atoms with Gasteiger partial charge in [0, 0.05) is 12.6 Å². The summed E-state index contributed by atoms with van der Waals surface area (Å²) in [6.07, 6.45) is 4.32. The highest BCUT2D eigenvalue weighted by Crippen LogP contribution is 2.32. The van der Waals surface area contributed by atoms with Crippen LogP contribution in [0.5, 0.6) is 0 Å². The molecule has 0 heterocycles. The number of hydrogen-bond donors (Lipinski definition) is 0. The Hall–Kier alpha value is -1.63. The van der Waals surface area contributed by atoms with Gasteiger partial charge in [-0.25, -0.2) is 8.78 Å². The quantitative estimate of drug-likeness (QED) is 0.823. The van der Waals surface area contributed by atoms with Gasteiger partial charge in [0.05, 0.1) is 11.3 Å². The Balaban J connectivity index is 2.38. The fourth-order valence-electron chi connectivity index (χ4n) is 2.90. The van der Waals surface area contributed by atoms with Crippen LogP contribution in [0.4, 0.5) is 14.5 Å². The SMILES string of the molecule is CC(C)CN(c1ccc(C#N)c(F)c1F)C1CCCC1. The second-order valence-corrected chi connectivity index (χ2v) is 5.86. The number of nitriles is 1. The van der Waals surface area contributed by atoms with Gasteiger partial charge in [-0.2, -0.15) is 5.26 Å². The minimum absolute atomic E-state index is 0.234. The van der Waals surface area contributed by atoms with Gasteiger partial charge in [-0.15, -0.1) is 0 Å². The van der Waals surface area contributed by atoms with Gasteiger partial charge in [-0.1, -0.05) is 26.7 Å². The molecule has 1 aliphatic carbocycles. The van der Waals surface area contributed by atoms with Crippen LogP contribution in [0.25, 0.3) is 0 Å². The number of rotatable bonds is 4. The summed E-state index contributed by atoms with van der Waals surface area (Å²) < 4.78 is 28.1. The van der Waals surface area contributed by atoms with Crippen LogP contribution in [0.1, 0.15) is 45.1 Å². The van der Waals surface area contributed by atoms with Crippen molar-refractivity contribution in [2.45, 2.75) is 45.6 Å². The molecule has 20 heavy (non-hydrogen) atoms. The predicted molar refractivity (Wildman–Crippen MR) is 75.5 cm³/mol. The Morgan fingerprint density at radius 3 is 2.45 bits per heavy atom. The zero-order valence-corrected chi connectivity index (χ0v) is 12.0. The molecule has 108 valence electrons. The molecule has 1 fully saturated rings. The normalized spacial score (nSPS) is 15.6. The number of hydrogen-bond acceptors (Lipinski definition) is 2. The zero-order valence-electron chi connectivity index (χ0n) is 12.0. The van der Waals surface area contributed by atoms with E-state index in [0.29, 0.717) is 18.2 Å². The lowest BCUT2D eigenvalue weighted by atomic mass is 10.1. The van der Waals surface area contributed by atoms with Crippen LogP contribution >= 0.6 is 0 Å². The molecule has 1 saturated carbocycles. The van der Waals surface area contributed by atoms with Crippen molar-refractivity contribution in [1.82, 2.24) is 0 Å². The number of halogens is 2. The molecule has 0 aliphatic heterocycles. The largest absolute Gasteiger partial charge is 0.366 e. The van der Waals surface area contributed by atoms with Crippen LogP contribution in [-0.4, -0.2) is 12.6 Å². The highest BCUT2D eigenvalue weighted by molar-refractivity contribution is 5.53. The topological polar surface area (TPSA) is 27.0 Å². The van der Waals surface area contributed by atoms with E-state index in [4.69, 9.17) is 5.26 Å². The van der Waals surface area contributed by atoms with Crippen molar-refractivity contribution in [1.29, 1.82) is 5.26 Å². The van der Waals surface area contributed by atoms with E-state index in [1.807, 2.05) is 4.90 Å². The fraction of sp³-hybridized carbons (Fsp3) is 0.562. The smallest absolute Gasteiger partial charge is 0.183 e. The van der Waals surface area contributed by atoms with Gasteiger partial charge in [0.1, 0.15) is 6.07 Å². The van der Waals surface area contributed by atoms with E-state index >= 15 is 0 Å². The molecule has 0 atom stereocenters. The van der Waals surface area contributed by atoms with Crippen molar-refractivity contribution < 1.29 is 8.78 Å². The van der Waals surface area contributed by atoms with Gasteiger partial charge >= 0.3 is 0 Å². The first-order valence-electron chi connectivity index (χ1n) is 7.19. The first-order valence-corrected chi connectivity index (χ1v) is 7.19. The molecule has 2 nitrogen and oxygen atoms in total. The molecule has 4 heteroatoms.